The highest BCUT2D eigenvalue weighted by molar-refractivity contribution is 6.31. The highest BCUT2D eigenvalue weighted by Gasteiger charge is 2.23. The molecule has 2 N–H and O–H groups in total. The lowest BCUT2D eigenvalue weighted by Crippen LogP contribution is -2.51. The number of hydrogen-bond acceptors (Lipinski definition) is 4. The largest absolute Gasteiger partial charge is 0.322 e. The van der Waals surface area contributed by atoms with E-state index in [0.717, 1.165) is 13.1 Å². The Labute approximate surface area is 192 Å². The van der Waals surface area contributed by atoms with Crippen LogP contribution in [0.3, 0.4) is 0 Å². The van der Waals surface area contributed by atoms with Crippen molar-refractivity contribution in [2.45, 2.75) is 19.9 Å². The fourth-order valence-corrected chi connectivity index (χ4v) is 3.37. The van der Waals surface area contributed by atoms with Crippen LogP contribution < -0.4 is 10.6 Å². The van der Waals surface area contributed by atoms with Crippen LogP contribution in [0.5, 0.6) is 0 Å². The fourth-order valence-electron chi connectivity index (χ4n) is 3.08. The summed E-state index contributed by atoms with van der Waals surface area (Å²) in [6, 6.07) is 8.19. The summed E-state index contributed by atoms with van der Waals surface area (Å²) in [5.41, 5.74) is 0.639. The highest BCUT2D eigenvalue weighted by atomic mass is 35.5. The molecule has 2 aromatic rings. The van der Waals surface area contributed by atoms with Gasteiger partial charge in [-0.15, -0.1) is 12.4 Å². The number of hydrogen-bond donors (Lipinski definition) is 2. The number of carbonyl (C=O) groups excluding carboxylic acids is 2. The summed E-state index contributed by atoms with van der Waals surface area (Å²) in [5.74, 6) is -0.0799. The van der Waals surface area contributed by atoms with Gasteiger partial charge in [-0.05, 0) is 44.2 Å². The summed E-state index contributed by atoms with van der Waals surface area (Å²) in [6.45, 7) is 7.19. The number of anilines is 2. The summed E-state index contributed by atoms with van der Waals surface area (Å²) in [4.78, 5) is 33.6. The van der Waals surface area contributed by atoms with Crippen LogP contribution in [0.4, 0.5) is 16.3 Å². The first-order valence-corrected chi connectivity index (χ1v) is 10.1. The van der Waals surface area contributed by atoms with Crippen LogP contribution in [-0.2, 0) is 0 Å². The standard InChI is InChI=1S/C20H23Cl2N5O2.ClH/c1-13(2)26-7-9-27(10-8-26)20(29)24-17-5-3-14(21)11-16(17)19(28)25-18-6-4-15(22)12-23-18;/h3-6,11-13H,7-10H2,1-2H3,(H,24,29)(H,23,25,28);1H. The molecular weight excluding hydrogens is 449 g/mol. The molecule has 1 aromatic carbocycles. The van der Waals surface area contributed by atoms with Crippen molar-refractivity contribution in [1.29, 1.82) is 0 Å². The van der Waals surface area contributed by atoms with Gasteiger partial charge in [0, 0.05) is 43.4 Å². The molecule has 3 rings (SSSR count). The summed E-state index contributed by atoms with van der Waals surface area (Å²) >= 11 is 11.9. The molecule has 0 radical (unpaired) electrons. The molecule has 10 heteroatoms. The normalized spacial score (nSPS) is 14.2. The number of nitrogens with one attached hydrogen (secondary N) is 2. The highest BCUT2D eigenvalue weighted by Crippen LogP contribution is 2.23. The number of pyridine rings is 1. The van der Waals surface area contributed by atoms with Gasteiger partial charge < -0.3 is 15.5 Å². The molecule has 2 heterocycles. The number of benzene rings is 1. The van der Waals surface area contributed by atoms with Crippen molar-refractivity contribution in [2.24, 2.45) is 0 Å². The summed E-state index contributed by atoms with van der Waals surface area (Å²) in [7, 11) is 0. The average Bonchev–Trinajstić information content (AvgIpc) is 2.71. The van der Waals surface area contributed by atoms with Gasteiger partial charge in [-0.2, -0.15) is 0 Å². The molecule has 1 aliphatic rings. The first-order valence-electron chi connectivity index (χ1n) is 9.36. The topological polar surface area (TPSA) is 77.6 Å². The Balaban J connectivity index is 0.00000320. The van der Waals surface area contributed by atoms with E-state index in [4.69, 9.17) is 23.2 Å². The molecule has 0 unspecified atom stereocenters. The van der Waals surface area contributed by atoms with Crippen molar-refractivity contribution >= 4 is 59.1 Å². The molecule has 1 fully saturated rings. The van der Waals surface area contributed by atoms with Gasteiger partial charge in [0.1, 0.15) is 5.82 Å². The van der Waals surface area contributed by atoms with Crippen molar-refractivity contribution in [2.75, 3.05) is 36.8 Å². The summed E-state index contributed by atoms with van der Waals surface area (Å²) < 4.78 is 0. The van der Waals surface area contributed by atoms with E-state index >= 15 is 0 Å². The number of aromatic nitrogens is 1. The Morgan fingerprint density at radius 3 is 2.27 bits per heavy atom. The Morgan fingerprint density at radius 1 is 1.00 bits per heavy atom. The van der Waals surface area contributed by atoms with Crippen LogP contribution in [0, 0.1) is 0 Å². The van der Waals surface area contributed by atoms with Crippen LogP contribution in [0.1, 0.15) is 24.2 Å². The number of urea groups is 1. The Hall–Kier alpha value is -2.06. The minimum absolute atomic E-state index is 0. The van der Waals surface area contributed by atoms with E-state index in [1.54, 1.807) is 29.2 Å². The molecule has 7 nitrogen and oxygen atoms in total. The fraction of sp³-hybridized carbons (Fsp3) is 0.350. The van der Waals surface area contributed by atoms with Crippen molar-refractivity contribution in [3.63, 3.8) is 0 Å². The molecule has 0 aliphatic carbocycles. The van der Waals surface area contributed by atoms with Gasteiger partial charge in [-0.1, -0.05) is 23.2 Å². The molecule has 1 aliphatic heterocycles. The summed E-state index contributed by atoms with van der Waals surface area (Å²) in [5, 5.41) is 6.38. The smallest absolute Gasteiger partial charge is 0.321 e. The van der Waals surface area contributed by atoms with Crippen LogP contribution in [0.25, 0.3) is 0 Å². The zero-order valence-electron chi connectivity index (χ0n) is 16.7. The van der Waals surface area contributed by atoms with Crippen molar-refractivity contribution in [3.05, 3.63) is 52.1 Å². The van der Waals surface area contributed by atoms with Gasteiger partial charge >= 0.3 is 6.03 Å². The maximum absolute atomic E-state index is 12.7. The third-order valence-electron chi connectivity index (χ3n) is 4.77. The predicted octanol–water partition coefficient (Wildman–Crippen LogP) is 4.62. The first kappa shape index (κ1) is 24.2. The number of piperazine rings is 1. The lowest BCUT2D eigenvalue weighted by Gasteiger charge is -2.36. The second-order valence-electron chi connectivity index (χ2n) is 7.05. The van der Waals surface area contributed by atoms with Crippen molar-refractivity contribution < 1.29 is 9.59 Å². The molecule has 3 amide bonds. The molecule has 0 atom stereocenters. The van der Waals surface area contributed by atoms with Gasteiger partial charge in [-0.25, -0.2) is 9.78 Å². The van der Waals surface area contributed by atoms with Gasteiger partial charge in [0.25, 0.3) is 5.91 Å². The third-order valence-corrected chi connectivity index (χ3v) is 5.23. The molecule has 0 spiro atoms. The maximum Gasteiger partial charge on any atom is 0.321 e. The summed E-state index contributed by atoms with van der Waals surface area (Å²) in [6.07, 6.45) is 1.44. The molecular formula is C20H24Cl3N5O2. The van der Waals surface area contributed by atoms with E-state index < -0.39 is 5.91 Å². The van der Waals surface area contributed by atoms with Crippen LogP contribution >= 0.6 is 35.6 Å². The zero-order chi connectivity index (χ0) is 21.0. The van der Waals surface area contributed by atoms with E-state index in [-0.39, 0.29) is 24.0 Å². The molecule has 1 aromatic heterocycles. The van der Waals surface area contributed by atoms with Crippen LogP contribution in [-0.4, -0.2) is 58.9 Å². The molecule has 162 valence electrons. The maximum atomic E-state index is 12.7. The van der Waals surface area contributed by atoms with E-state index in [0.29, 0.717) is 40.7 Å². The Kier molecular flexibility index (Phi) is 8.73. The number of rotatable bonds is 4. The second-order valence-corrected chi connectivity index (χ2v) is 7.93. The zero-order valence-corrected chi connectivity index (χ0v) is 19.0. The van der Waals surface area contributed by atoms with E-state index in [1.165, 1.54) is 12.3 Å². The number of amides is 3. The van der Waals surface area contributed by atoms with Gasteiger partial charge in [-0.3, -0.25) is 9.69 Å². The molecule has 0 saturated carbocycles. The Morgan fingerprint density at radius 2 is 1.67 bits per heavy atom. The molecule has 0 bridgehead atoms. The van der Waals surface area contributed by atoms with Gasteiger partial charge in [0.2, 0.25) is 0 Å². The minimum atomic E-state index is -0.428. The lowest BCUT2D eigenvalue weighted by atomic mass is 10.1. The van der Waals surface area contributed by atoms with E-state index in [9.17, 15) is 9.59 Å². The third kappa shape index (κ3) is 6.22. The number of halogens is 3. The van der Waals surface area contributed by atoms with E-state index in [1.807, 2.05) is 0 Å². The number of carbonyl (C=O) groups is 2. The predicted molar refractivity (Wildman–Crippen MR) is 123 cm³/mol. The van der Waals surface area contributed by atoms with E-state index in [2.05, 4.69) is 34.4 Å². The number of nitrogens with zero attached hydrogens (tertiary/aromatic N) is 3. The second kappa shape index (κ2) is 10.8. The quantitative estimate of drug-likeness (QED) is 0.680. The molecule has 30 heavy (non-hydrogen) atoms. The van der Waals surface area contributed by atoms with Crippen molar-refractivity contribution in [3.8, 4) is 0 Å². The van der Waals surface area contributed by atoms with Gasteiger partial charge in [0.05, 0.1) is 16.3 Å². The lowest BCUT2D eigenvalue weighted by molar-refractivity contribution is 0.102. The van der Waals surface area contributed by atoms with Gasteiger partial charge in [0.15, 0.2) is 0 Å². The first-order chi connectivity index (χ1) is 13.8. The van der Waals surface area contributed by atoms with Crippen LogP contribution in [0.15, 0.2) is 36.5 Å². The average molecular weight is 473 g/mol. The van der Waals surface area contributed by atoms with Crippen LogP contribution in [0.2, 0.25) is 10.0 Å². The molecule has 1 saturated heterocycles. The SMILES string of the molecule is CC(C)N1CCN(C(=O)Nc2ccc(Cl)cc2C(=O)Nc2ccc(Cl)cn2)CC1.Cl. The monoisotopic (exact) mass is 471 g/mol. The van der Waals surface area contributed by atoms with Crippen molar-refractivity contribution in [1.82, 2.24) is 14.8 Å². The minimum Gasteiger partial charge on any atom is -0.322 e. The Bertz CT molecular complexity index is 885.